The minimum absolute atomic E-state index is 0.456. The van der Waals surface area contributed by atoms with Gasteiger partial charge < -0.3 is 5.32 Å². The first-order valence-electron chi connectivity index (χ1n) is 6.39. The lowest BCUT2D eigenvalue weighted by molar-refractivity contribution is -0.118. The van der Waals surface area contributed by atoms with Gasteiger partial charge in [0.2, 0.25) is 5.91 Å². The van der Waals surface area contributed by atoms with Crippen LogP contribution in [0.2, 0.25) is 0 Å². The minimum atomic E-state index is -3.51. The molecule has 2 unspecified atom stereocenters. The van der Waals surface area contributed by atoms with Crippen molar-refractivity contribution in [2.75, 3.05) is 12.3 Å². The van der Waals surface area contributed by atoms with Crippen LogP contribution in [0.5, 0.6) is 0 Å². The molecule has 6 heteroatoms. The second kappa shape index (κ2) is 6.74. The highest BCUT2D eigenvalue weighted by Crippen LogP contribution is 2.29. The first-order valence-corrected chi connectivity index (χ1v) is 8.10. The monoisotopic (exact) mass is 272 g/mol. The molecule has 1 aliphatic rings. The van der Waals surface area contributed by atoms with Crippen molar-refractivity contribution >= 4 is 15.7 Å². The molecular formula is C12H20N2O3S. The minimum Gasteiger partial charge on any atom is -0.355 e. The first kappa shape index (κ1) is 15.0. The predicted octanol–water partition coefficient (Wildman–Crippen LogP) is 1.01. The summed E-state index contributed by atoms with van der Waals surface area (Å²) >= 11 is 0. The van der Waals surface area contributed by atoms with Gasteiger partial charge in [-0.3, -0.25) is 4.79 Å². The zero-order valence-electron chi connectivity index (χ0n) is 10.7. The summed E-state index contributed by atoms with van der Waals surface area (Å²) < 4.78 is 24.2. The van der Waals surface area contributed by atoms with Gasteiger partial charge in [0, 0.05) is 6.54 Å². The third-order valence-electron chi connectivity index (χ3n) is 3.23. The molecular weight excluding hydrogens is 252 g/mol. The molecule has 0 aromatic carbocycles. The summed E-state index contributed by atoms with van der Waals surface area (Å²) in [7, 11) is -3.51. The number of amides is 1. The summed E-state index contributed by atoms with van der Waals surface area (Å²) in [5.41, 5.74) is 0. The maximum Gasteiger partial charge on any atom is 0.235 e. The van der Waals surface area contributed by atoms with Crippen LogP contribution in [-0.2, 0) is 14.6 Å². The van der Waals surface area contributed by atoms with Gasteiger partial charge in [0.15, 0.2) is 9.84 Å². The Labute approximate surface area is 108 Å². The number of carbonyl (C=O) groups excluding carboxylic acids is 1. The number of nitrogens with zero attached hydrogens (tertiary/aromatic N) is 1. The topological polar surface area (TPSA) is 87.0 Å². The van der Waals surface area contributed by atoms with E-state index in [9.17, 15) is 13.2 Å². The van der Waals surface area contributed by atoms with Gasteiger partial charge in [-0.2, -0.15) is 5.26 Å². The highest BCUT2D eigenvalue weighted by molar-refractivity contribution is 7.92. The molecule has 0 bridgehead atoms. The van der Waals surface area contributed by atoms with Gasteiger partial charge in [-0.1, -0.05) is 19.8 Å². The first-order chi connectivity index (χ1) is 8.51. The lowest BCUT2D eigenvalue weighted by atomic mass is 9.90. The quantitative estimate of drug-likeness (QED) is 0.809. The number of carbonyl (C=O) groups is 1. The Morgan fingerprint density at radius 2 is 2.06 bits per heavy atom. The smallest absolute Gasteiger partial charge is 0.235 e. The maximum absolute atomic E-state index is 12.1. The van der Waals surface area contributed by atoms with Gasteiger partial charge in [-0.15, -0.1) is 0 Å². The average Bonchev–Trinajstić information content (AvgIpc) is 2.35. The molecule has 18 heavy (non-hydrogen) atoms. The summed E-state index contributed by atoms with van der Waals surface area (Å²) in [6, 6.07) is 2.07. The molecule has 1 amide bonds. The Hall–Kier alpha value is -1.09. The van der Waals surface area contributed by atoms with Crippen LogP contribution in [0, 0.1) is 17.2 Å². The molecule has 102 valence electrons. The SMILES string of the molecule is CCCNC(=O)CS(=O)(=O)C1CCCCC1C#N. The van der Waals surface area contributed by atoms with Crippen LogP contribution in [0.4, 0.5) is 0 Å². The van der Waals surface area contributed by atoms with E-state index in [1.54, 1.807) is 0 Å². The summed E-state index contributed by atoms with van der Waals surface area (Å²) in [6.07, 6.45) is 3.61. The molecule has 1 rings (SSSR count). The molecule has 1 N–H and O–H groups in total. The Morgan fingerprint density at radius 1 is 1.39 bits per heavy atom. The highest BCUT2D eigenvalue weighted by Gasteiger charge is 2.36. The molecule has 1 aliphatic carbocycles. The molecule has 0 aromatic heterocycles. The fraction of sp³-hybridized carbons (Fsp3) is 0.833. The molecule has 1 saturated carbocycles. The number of nitrogens with one attached hydrogen (secondary N) is 1. The molecule has 0 saturated heterocycles. The molecule has 5 nitrogen and oxygen atoms in total. The zero-order chi connectivity index (χ0) is 13.6. The number of rotatable bonds is 5. The van der Waals surface area contributed by atoms with E-state index in [2.05, 4.69) is 11.4 Å². The fourth-order valence-corrected chi connectivity index (χ4v) is 4.18. The molecule has 0 aliphatic heterocycles. The van der Waals surface area contributed by atoms with Crippen molar-refractivity contribution in [1.82, 2.24) is 5.32 Å². The van der Waals surface area contributed by atoms with E-state index < -0.39 is 32.7 Å². The molecule has 0 heterocycles. The summed E-state index contributed by atoms with van der Waals surface area (Å²) in [6.45, 7) is 2.39. The van der Waals surface area contributed by atoms with Gasteiger partial charge >= 0.3 is 0 Å². The standard InChI is InChI=1S/C12H20N2O3S/c1-2-7-14-12(15)9-18(16,17)11-6-4-3-5-10(11)8-13/h10-11H,2-7,9H2,1H3,(H,14,15). The van der Waals surface area contributed by atoms with Gasteiger partial charge in [0.1, 0.15) is 5.75 Å². The molecule has 0 spiro atoms. The van der Waals surface area contributed by atoms with Crippen molar-refractivity contribution in [2.45, 2.75) is 44.3 Å². The van der Waals surface area contributed by atoms with E-state index in [-0.39, 0.29) is 0 Å². The number of sulfone groups is 1. The van der Waals surface area contributed by atoms with E-state index in [1.807, 2.05) is 6.92 Å². The Balaban J connectivity index is 2.67. The van der Waals surface area contributed by atoms with Crippen LogP contribution >= 0.6 is 0 Å². The van der Waals surface area contributed by atoms with E-state index in [0.29, 0.717) is 19.4 Å². The Morgan fingerprint density at radius 3 is 2.67 bits per heavy atom. The van der Waals surface area contributed by atoms with Crippen LogP contribution in [0.1, 0.15) is 39.0 Å². The van der Waals surface area contributed by atoms with E-state index >= 15 is 0 Å². The largest absolute Gasteiger partial charge is 0.355 e. The third-order valence-corrected chi connectivity index (χ3v) is 5.39. The fourth-order valence-electron chi connectivity index (χ4n) is 2.28. The summed E-state index contributed by atoms with van der Waals surface area (Å²) in [5.74, 6) is -1.41. The van der Waals surface area contributed by atoms with Gasteiger partial charge in [0.05, 0.1) is 17.2 Å². The van der Waals surface area contributed by atoms with Crippen molar-refractivity contribution < 1.29 is 13.2 Å². The van der Waals surface area contributed by atoms with Crippen molar-refractivity contribution in [3.05, 3.63) is 0 Å². The van der Waals surface area contributed by atoms with Gasteiger partial charge in [-0.05, 0) is 19.3 Å². The number of nitriles is 1. The maximum atomic E-state index is 12.1. The summed E-state index contributed by atoms with van der Waals surface area (Å²) in [5, 5.41) is 10.9. The Kier molecular flexibility index (Phi) is 5.60. The van der Waals surface area contributed by atoms with E-state index in [4.69, 9.17) is 5.26 Å². The molecule has 1 fully saturated rings. The number of hydrogen-bond acceptors (Lipinski definition) is 4. The van der Waals surface area contributed by atoms with E-state index in [0.717, 1.165) is 19.3 Å². The summed E-state index contributed by atoms with van der Waals surface area (Å²) in [4.78, 5) is 11.5. The van der Waals surface area contributed by atoms with E-state index in [1.165, 1.54) is 0 Å². The van der Waals surface area contributed by atoms with Crippen molar-refractivity contribution in [1.29, 1.82) is 5.26 Å². The number of hydrogen-bond donors (Lipinski definition) is 1. The average molecular weight is 272 g/mol. The van der Waals surface area contributed by atoms with Gasteiger partial charge in [0.25, 0.3) is 0 Å². The lowest BCUT2D eigenvalue weighted by Gasteiger charge is -2.26. The third kappa shape index (κ3) is 3.98. The molecule has 0 aromatic rings. The van der Waals surface area contributed by atoms with Gasteiger partial charge in [-0.25, -0.2) is 8.42 Å². The van der Waals surface area contributed by atoms with Crippen LogP contribution in [0.3, 0.4) is 0 Å². The normalized spacial score (nSPS) is 24.2. The lowest BCUT2D eigenvalue weighted by Crippen LogP contribution is -2.39. The van der Waals surface area contributed by atoms with Crippen LogP contribution in [0.25, 0.3) is 0 Å². The van der Waals surface area contributed by atoms with Crippen molar-refractivity contribution in [2.24, 2.45) is 5.92 Å². The Bertz CT molecular complexity index is 425. The van der Waals surface area contributed by atoms with Crippen LogP contribution in [-0.4, -0.2) is 31.9 Å². The predicted molar refractivity (Wildman–Crippen MR) is 68.4 cm³/mol. The highest BCUT2D eigenvalue weighted by atomic mass is 32.2. The second-order valence-electron chi connectivity index (χ2n) is 4.72. The second-order valence-corrected chi connectivity index (χ2v) is 6.94. The van der Waals surface area contributed by atoms with Crippen LogP contribution < -0.4 is 5.32 Å². The molecule has 0 radical (unpaired) electrons. The van der Waals surface area contributed by atoms with Crippen molar-refractivity contribution in [3.63, 3.8) is 0 Å². The zero-order valence-corrected chi connectivity index (χ0v) is 11.5. The molecule has 2 atom stereocenters. The van der Waals surface area contributed by atoms with Crippen LogP contribution in [0.15, 0.2) is 0 Å². The van der Waals surface area contributed by atoms with Crippen molar-refractivity contribution in [3.8, 4) is 6.07 Å².